The van der Waals surface area contributed by atoms with Gasteiger partial charge in [-0.25, -0.2) is 0 Å². The first-order chi connectivity index (χ1) is 8.69. The van der Waals surface area contributed by atoms with Crippen LogP contribution in [0, 0.1) is 5.92 Å². The third-order valence-corrected chi connectivity index (χ3v) is 4.09. The van der Waals surface area contributed by atoms with E-state index in [-0.39, 0.29) is 6.04 Å². The quantitative estimate of drug-likeness (QED) is 0.743. The average Bonchev–Trinajstić information content (AvgIpc) is 2.86. The number of halogens is 1. The maximum absolute atomic E-state index is 11.2. The molecule has 1 aromatic heterocycles. The number of likely N-dealkylation sites (N-methyl/N-ethyl adjacent to an activating group) is 1. The summed E-state index contributed by atoms with van der Waals surface area (Å²) >= 11 is 5.75. The second kappa shape index (κ2) is 4.48. The van der Waals surface area contributed by atoms with Gasteiger partial charge in [0, 0.05) is 19.1 Å². The second-order valence-corrected chi connectivity index (χ2v) is 5.50. The topological polar surface area (TPSA) is 49.3 Å². The van der Waals surface area contributed by atoms with E-state index in [0.29, 0.717) is 17.1 Å². The van der Waals surface area contributed by atoms with Crippen LogP contribution >= 0.6 is 11.6 Å². The SMILES string of the molecule is CN1C[C@@H]2CC(C=O)N(c3ccc(Cl)nn3)[C@@H]2C1. The van der Waals surface area contributed by atoms with Crippen molar-refractivity contribution in [2.75, 3.05) is 25.0 Å². The molecule has 2 aliphatic heterocycles. The van der Waals surface area contributed by atoms with E-state index in [9.17, 15) is 4.79 Å². The minimum absolute atomic E-state index is 0.0795. The summed E-state index contributed by atoms with van der Waals surface area (Å²) < 4.78 is 0. The molecule has 0 N–H and O–H groups in total. The molecule has 0 aromatic carbocycles. The minimum atomic E-state index is -0.0795. The Morgan fingerprint density at radius 3 is 2.89 bits per heavy atom. The first-order valence-electron chi connectivity index (χ1n) is 6.10. The number of rotatable bonds is 2. The lowest BCUT2D eigenvalue weighted by Gasteiger charge is -2.28. The van der Waals surface area contributed by atoms with Crippen LogP contribution in [0.3, 0.4) is 0 Å². The molecule has 2 aliphatic rings. The molecular weight excluding hydrogens is 252 g/mol. The van der Waals surface area contributed by atoms with Gasteiger partial charge in [-0.3, -0.25) is 0 Å². The Bertz CT molecular complexity index is 452. The van der Waals surface area contributed by atoms with Crippen molar-refractivity contribution >= 4 is 23.7 Å². The molecule has 3 heterocycles. The van der Waals surface area contributed by atoms with Gasteiger partial charge in [-0.2, -0.15) is 0 Å². The third kappa shape index (κ3) is 1.87. The number of aldehydes is 1. The van der Waals surface area contributed by atoms with Crippen molar-refractivity contribution in [3.63, 3.8) is 0 Å². The van der Waals surface area contributed by atoms with Crippen LogP contribution < -0.4 is 4.90 Å². The molecule has 0 saturated carbocycles. The number of hydrogen-bond acceptors (Lipinski definition) is 5. The Morgan fingerprint density at radius 2 is 2.22 bits per heavy atom. The number of carbonyl (C=O) groups excluding carboxylic acids is 1. The molecule has 0 amide bonds. The molecule has 3 atom stereocenters. The van der Waals surface area contributed by atoms with Crippen LogP contribution in [0.2, 0.25) is 5.15 Å². The van der Waals surface area contributed by atoms with Gasteiger partial charge < -0.3 is 14.6 Å². The molecular formula is C12H15ClN4O. The van der Waals surface area contributed by atoms with Gasteiger partial charge in [-0.1, -0.05) is 11.6 Å². The molecule has 96 valence electrons. The summed E-state index contributed by atoms with van der Waals surface area (Å²) in [4.78, 5) is 15.6. The van der Waals surface area contributed by atoms with E-state index in [1.807, 2.05) is 6.07 Å². The number of fused-ring (bicyclic) bond motifs is 1. The first kappa shape index (κ1) is 11.9. The van der Waals surface area contributed by atoms with Crippen molar-refractivity contribution in [3.05, 3.63) is 17.3 Å². The monoisotopic (exact) mass is 266 g/mol. The van der Waals surface area contributed by atoms with Gasteiger partial charge in [0.2, 0.25) is 0 Å². The van der Waals surface area contributed by atoms with Crippen molar-refractivity contribution in [1.29, 1.82) is 0 Å². The molecule has 0 radical (unpaired) electrons. The predicted octanol–water partition coefficient (Wildman–Crippen LogP) is 0.838. The van der Waals surface area contributed by atoms with Crippen molar-refractivity contribution in [2.24, 2.45) is 5.92 Å². The van der Waals surface area contributed by atoms with E-state index in [0.717, 1.165) is 31.6 Å². The van der Waals surface area contributed by atoms with Crippen molar-refractivity contribution < 1.29 is 4.79 Å². The minimum Gasteiger partial charge on any atom is -0.341 e. The van der Waals surface area contributed by atoms with E-state index < -0.39 is 0 Å². The highest BCUT2D eigenvalue weighted by Gasteiger charge is 2.46. The van der Waals surface area contributed by atoms with E-state index in [1.54, 1.807) is 6.07 Å². The van der Waals surface area contributed by atoms with Crippen LogP contribution in [0.15, 0.2) is 12.1 Å². The van der Waals surface area contributed by atoms with Gasteiger partial charge in [0.25, 0.3) is 0 Å². The molecule has 1 aromatic rings. The molecule has 1 unspecified atom stereocenters. The summed E-state index contributed by atoms with van der Waals surface area (Å²) in [5, 5.41) is 8.36. The van der Waals surface area contributed by atoms with Crippen molar-refractivity contribution in [3.8, 4) is 0 Å². The zero-order valence-electron chi connectivity index (χ0n) is 10.2. The number of aromatic nitrogens is 2. The summed E-state index contributed by atoms with van der Waals surface area (Å²) in [5.74, 6) is 1.29. The normalized spacial score (nSPS) is 31.7. The first-order valence-corrected chi connectivity index (χ1v) is 6.48. The lowest BCUT2D eigenvalue weighted by atomic mass is 10.0. The Morgan fingerprint density at radius 1 is 1.39 bits per heavy atom. The predicted molar refractivity (Wildman–Crippen MR) is 68.8 cm³/mol. The number of nitrogens with zero attached hydrogens (tertiary/aromatic N) is 4. The Kier molecular flexibility index (Phi) is 2.95. The molecule has 18 heavy (non-hydrogen) atoms. The van der Waals surface area contributed by atoms with Gasteiger partial charge in [0.05, 0.1) is 6.04 Å². The van der Waals surface area contributed by atoms with Gasteiger partial charge in [0.15, 0.2) is 11.0 Å². The molecule has 0 aliphatic carbocycles. The zero-order chi connectivity index (χ0) is 12.7. The average molecular weight is 267 g/mol. The van der Waals surface area contributed by atoms with Crippen LogP contribution in [-0.2, 0) is 4.79 Å². The molecule has 2 fully saturated rings. The van der Waals surface area contributed by atoms with E-state index in [1.165, 1.54) is 0 Å². The lowest BCUT2D eigenvalue weighted by molar-refractivity contribution is -0.108. The maximum atomic E-state index is 11.2. The van der Waals surface area contributed by atoms with Gasteiger partial charge >= 0.3 is 0 Å². The van der Waals surface area contributed by atoms with E-state index in [4.69, 9.17) is 11.6 Å². The summed E-state index contributed by atoms with van der Waals surface area (Å²) in [7, 11) is 2.11. The van der Waals surface area contributed by atoms with Crippen molar-refractivity contribution in [2.45, 2.75) is 18.5 Å². The fourth-order valence-corrected chi connectivity index (χ4v) is 3.29. The third-order valence-electron chi connectivity index (χ3n) is 3.89. The van der Waals surface area contributed by atoms with E-state index >= 15 is 0 Å². The molecule has 0 bridgehead atoms. The fourth-order valence-electron chi connectivity index (χ4n) is 3.19. The summed E-state index contributed by atoms with van der Waals surface area (Å²) in [6.07, 6.45) is 1.93. The van der Waals surface area contributed by atoms with Crippen LogP contribution in [0.25, 0.3) is 0 Å². The number of hydrogen-bond donors (Lipinski definition) is 0. The molecule has 3 rings (SSSR count). The smallest absolute Gasteiger partial charge is 0.152 e. The standard InChI is InChI=1S/C12H15ClN4O/c1-16-5-8-4-9(7-18)17(10(8)6-16)12-3-2-11(13)14-15-12/h2-3,7-10H,4-6H2,1H3/t8-,9?,10+/m0/s1. The second-order valence-electron chi connectivity index (χ2n) is 5.11. The fraction of sp³-hybridized carbons (Fsp3) is 0.583. The van der Waals surface area contributed by atoms with Crippen LogP contribution in [0.4, 0.5) is 5.82 Å². The van der Waals surface area contributed by atoms with Gasteiger partial charge in [-0.15, -0.1) is 10.2 Å². The summed E-state index contributed by atoms with van der Waals surface area (Å²) in [5.41, 5.74) is 0. The van der Waals surface area contributed by atoms with Crippen molar-refractivity contribution in [1.82, 2.24) is 15.1 Å². The Labute approximate surface area is 111 Å². The van der Waals surface area contributed by atoms with E-state index in [2.05, 4.69) is 27.0 Å². The van der Waals surface area contributed by atoms with Crippen LogP contribution in [0.5, 0.6) is 0 Å². The van der Waals surface area contributed by atoms with Crippen LogP contribution in [0.1, 0.15) is 6.42 Å². The highest BCUT2D eigenvalue weighted by molar-refractivity contribution is 6.29. The Hall–Kier alpha value is -1.20. The largest absolute Gasteiger partial charge is 0.341 e. The van der Waals surface area contributed by atoms with Gasteiger partial charge in [0.1, 0.15) is 6.29 Å². The summed E-state index contributed by atoms with van der Waals surface area (Å²) in [6, 6.07) is 3.84. The Balaban J connectivity index is 1.92. The van der Waals surface area contributed by atoms with Crippen LogP contribution in [-0.4, -0.2) is 53.6 Å². The number of likely N-dealkylation sites (tertiary alicyclic amines) is 1. The zero-order valence-corrected chi connectivity index (χ0v) is 10.9. The number of anilines is 1. The highest BCUT2D eigenvalue weighted by atomic mass is 35.5. The lowest BCUT2D eigenvalue weighted by Crippen LogP contribution is -2.41. The maximum Gasteiger partial charge on any atom is 0.152 e. The highest BCUT2D eigenvalue weighted by Crippen LogP contribution is 2.37. The molecule has 2 saturated heterocycles. The molecule has 5 nitrogen and oxygen atoms in total. The molecule has 0 spiro atoms. The molecule has 6 heteroatoms. The number of carbonyl (C=O) groups is 1. The van der Waals surface area contributed by atoms with Gasteiger partial charge in [-0.05, 0) is 31.5 Å². The summed E-state index contributed by atoms with van der Waals surface area (Å²) in [6.45, 7) is 2.02.